The van der Waals surface area contributed by atoms with Crippen LogP contribution in [-0.2, 0) is 12.8 Å². The number of anilines is 2. The van der Waals surface area contributed by atoms with Crippen LogP contribution < -0.4 is 15.3 Å². The normalized spacial score (nSPS) is 12.9. The molecular weight excluding hydrogens is 555 g/mol. The van der Waals surface area contributed by atoms with E-state index in [0.29, 0.717) is 0 Å². The molecule has 7 rings (SSSR count). The van der Waals surface area contributed by atoms with E-state index in [4.69, 9.17) is 0 Å². The minimum Gasteiger partial charge on any atom is -0.313 e. The summed E-state index contributed by atoms with van der Waals surface area (Å²) in [5.41, 5.74) is 13.1. The molecule has 0 aromatic heterocycles. The Bertz CT molecular complexity index is 2150. The molecule has 0 saturated carbocycles. The van der Waals surface area contributed by atoms with Gasteiger partial charge in [0.25, 0.3) is 0 Å². The van der Waals surface area contributed by atoms with E-state index in [-0.39, 0.29) is 0 Å². The number of rotatable bonds is 8. The van der Waals surface area contributed by atoms with Crippen molar-refractivity contribution in [1.29, 1.82) is 0 Å². The van der Waals surface area contributed by atoms with Crippen LogP contribution in [0, 0.1) is 20.8 Å². The van der Waals surface area contributed by atoms with Gasteiger partial charge < -0.3 is 4.90 Å². The molecule has 0 heterocycles. The highest BCUT2D eigenvalue weighted by atomic mass is 15.2. The molecule has 0 spiro atoms. The maximum atomic E-state index is 2.53. The number of hydrogen-bond acceptors (Lipinski definition) is 1. The molecule has 0 bridgehead atoms. The van der Waals surface area contributed by atoms with E-state index >= 15 is 0 Å². The number of nitrogens with zero attached hydrogens (tertiary/aromatic N) is 1. The third-order valence-corrected chi connectivity index (χ3v) is 9.37. The average molecular weight is 596 g/mol. The Balaban J connectivity index is 1.37. The predicted molar refractivity (Wildman–Crippen MR) is 198 cm³/mol. The van der Waals surface area contributed by atoms with Crippen molar-refractivity contribution in [3.63, 3.8) is 0 Å². The lowest BCUT2D eigenvalue weighted by Crippen LogP contribution is -2.36. The Hall–Kier alpha value is -5.14. The molecule has 0 radical (unpaired) electrons. The molecule has 1 nitrogen and oxygen atoms in total. The number of allylic oxidation sites excluding steroid dienone is 1. The van der Waals surface area contributed by atoms with Crippen molar-refractivity contribution in [2.45, 2.75) is 46.5 Å². The van der Waals surface area contributed by atoms with Crippen molar-refractivity contribution in [2.24, 2.45) is 0 Å². The van der Waals surface area contributed by atoms with Crippen LogP contribution >= 0.6 is 0 Å². The summed E-state index contributed by atoms with van der Waals surface area (Å²) in [6.07, 6.45) is 8.58. The maximum absolute atomic E-state index is 2.53. The lowest BCUT2D eigenvalue weighted by Gasteiger charge is -2.31. The fourth-order valence-corrected chi connectivity index (χ4v) is 6.74. The van der Waals surface area contributed by atoms with Gasteiger partial charge in [-0.3, -0.25) is 0 Å². The van der Waals surface area contributed by atoms with Crippen LogP contribution in [0.2, 0.25) is 0 Å². The molecule has 6 aromatic rings. The fraction of sp³-hybridized carbons (Fsp3) is 0.156. The van der Waals surface area contributed by atoms with Crippen LogP contribution in [0.3, 0.4) is 0 Å². The van der Waals surface area contributed by atoms with E-state index < -0.39 is 0 Å². The summed E-state index contributed by atoms with van der Waals surface area (Å²) in [6, 6.07) is 49.4. The van der Waals surface area contributed by atoms with Crippen LogP contribution in [0.4, 0.5) is 11.4 Å². The van der Waals surface area contributed by atoms with Gasteiger partial charge in [0.2, 0.25) is 0 Å². The molecule has 0 amide bonds. The summed E-state index contributed by atoms with van der Waals surface area (Å²) < 4.78 is 0. The first-order valence-electron chi connectivity index (χ1n) is 16.5. The number of aryl methyl sites for hydroxylation is 5. The highest BCUT2D eigenvalue weighted by Gasteiger charge is 2.22. The highest BCUT2D eigenvalue weighted by molar-refractivity contribution is 6.01. The van der Waals surface area contributed by atoms with E-state index in [2.05, 4.69) is 171 Å². The van der Waals surface area contributed by atoms with Crippen LogP contribution in [0.25, 0.3) is 28.1 Å². The summed E-state index contributed by atoms with van der Waals surface area (Å²) in [4.78, 5) is 2.53. The van der Waals surface area contributed by atoms with Crippen molar-refractivity contribution in [1.82, 2.24) is 0 Å². The van der Waals surface area contributed by atoms with Gasteiger partial charge >= 0.3 is 0 Å². The quantitative estimate of drug-likeness (QED) is 0.169. The lowest BCUT2D eigenvalue weighted by atomic mass is 9.93. The fourth-order valence-electron chi connectivity index (χ4n) is 6.74. The van der Waals surface area contributed by atoms with Crippen LogP contribution in [0.1, 0.15) is 46.2 Å². The molecule has 1 aliphatic carbocycles. The molecule has 0 aliphatic heterocycles. The van der Waals surface area contributed by atoms with E-state index in [0.717, 1.165) is 25.7 Å². The second-order valence-electron chi connectivity index (χ2n) is 12.7. The van der Waals surface area contributed by atoms with E-state index in [1.54, 1.807) is 0 Å². The minimum absolute atomic E-state index is 0.960. The lowest BCUT2D eigenvalue weighted by molar-refractivity contribution is 0.967. The third-order valence-electron chi connectivity index (χ3n) is 9.37. The van der Waals surface area contributed by atoms with Gasteiger partial charge in [-0.1, -0.05) is 144 Å². The summed E-state index contributed by atoms with van der Waals surface area (Å²) >= 11 is 0. The van der Waals surface area contributed by atoms with Gasteiger partial charge in [-0.2, -0.15) is 0 Å². The Kier molecular flexibility index (Phi) is 8.40. The number of fused-ring (bicyclic) bond motifs is 2. The highest BCUT2D eigenvalue weighted by Crippen LogP contribution is 2.39. The molecule has 46 heavy (non-hydrogen) atoms. The van der Waals surface area contributed by atoms with Crippen molar-refractivity contribution >= 4 is 39.5 Å². The first-order valence-corrected chi connectivity index (χ1v) is 16.5. The number of hydrogen-bond donors (Lipinski definition) is 0. The minimum atomic E-state index is 0.960. The molecule has 226 valence electrons. The molecule has 0 atom stereocenters. The second kappa shape index (κ2) is 13.1. The van der Waals surface area contributed by atoms with Crippen molar-refractivity contribution < 1.29 is 0 Å². The Morgan fingerprint density at radius 2 is 1.13 bits per heavy atom. The zero-order chi connectivity index (χ0) is 31.5. The Morgan fingerprint density at radius 1 is 0.522 bits per heavy atom. The van der Waals surface area contributed by atoms with E-state index in [9.17, 15) is 0 Å². The molecular formula is C45H41N. The van der Waals surface area contributed by atoms with Crippen molar-refractivity contribution in [3.8, 4) is 0 Å². The van der Waals surface area contributed by atoms with Crippen molar-refractivity contribution in [3.05, 3.63) is 183 Å². The summed E-state index contributed by atoms with van der Waals surface area (Å²) in [6.45, 7) is 6.45. The van der Waals surface area contributed by atoms with Gasteiger partial charge in [-0.15, -0.1) is 0 Å². The van der Waals surface area contributed by atoms with Gasteiger partial charge in [0.1, 0.15) is 0 Å². The average Bonchev–Trinajstić information content (AvgIpc) is 3.09. The summed E-state index contributed by atoms with van der Waals surface area (Å²) in [5.74, 6) is 0. The first kappa shape index (κ1) is 29.6. The van der Waals surface area contributed by atoms with Crippen LogP contribution in [0.15, 0.2) is 140 Å². The van der Waals surface area contributed by atoms with Crippen LogP contribution in [-0.4, -0.2) is 0 Å². The second-order valence-corrected chi connectivity index (χ2v) is 12.7. The van der Waals surface area contributed by atoms with Crippen LogP contribution in [0.5, 0.6) is 0 Å². The predicted octanol–water partition coefficient (Wildman–Crippen LogP) is 10.2. The summed E-state index contributed by atoms with van der Waals surface area (Å²) in [7, 11) is 0. The molecule has 6 aromatic carbocycles. The molecule has 1 aliphatic rings. The SMILES string of the molecule is Cc1ccc(/C=C/C2=c3ccccc3=C(N(c3ccc(C)cc3)c3ccc(CCc4ccc(C)cc4)c4ccccc34)CC2)cc1. The third kappa shape index (κ3) is 6.19. The van der Waals surface area contributed by atoms with E-state index in [1.165, 1.54) is 77.2 Å². The number of benzene rings is 6. The first-order chi connectivity index (χ1) is 22.5. The van der Waals surface area contributed by atoms with Gasteiger partial charge in [0, 0.05) is 22.0 Å². The van der Waals surface area contributed by atoms with Gasteiger partial charge in [-0.05, 0) is 97.5 Å². The maximum Gasteiger partial charge on any atom is 0.0537 e. The standard InChI is InChI=1S/C45H41N/c1-32-12-18-35(19-13-32)22-24-37-26-30-44(42-10-6-4-8-40(37)42)46(39-28-16-34(3)17-29-39)45-31-27-38(41-9-5-7-11-43(41)45)25-23-36-20-14-33(2)15-21-36/h4-22,24,27-29,31H,23,25-26,30H2,1-3H3/b24-22+. The van der Waals surface area contributed by atoms with Gasteiger partial charge in [0.15, 0.2) is 0 Å². The molecule has 0 fully saturated rings. The zero-order valence-electron chi connectivity index (χ0n) is 27.1. The van der Waals surface area contributed by atoms with E-state index in [1.807, 2.05) is 0 Å². The zero-order valence-corrected chi connectivity index (χ0v) is 27.1. The van der Waals surface area contributed by atoms with Gasteiger partial charge in [-0.25, -0.2) is 0 Å². The molecule has 0 saturated heterocycles. The Morgan fingerprint density at radius 3 is 1.85 bits per heavy atom. The molecule has 0 unspecified atom stereocenters. The molecule has 0 N–H and O–H groups in total. The largest absolute Gasteiger partial charge is 0.313 e. The monoisotopic (exact) mass is 595 g/mol. The van der Waals surface area contributed by atoms with Gasteiger partial charge in [0.05, 0.1) is 5.69 Å². The van der Waals surface area contributed by atoms with Crippen molar-refractivity contribution in [2.75, 3.05) is 4.90 Å². The smallest absolute Gasteiger partial charge is 0.0537 e. The molecule has 1 heteroatoms. The summed E-state index contributed by atoms with van der Waals surface area (Å²) in [5, 5.41) is 5.26. The Labute approximate surface area is 273 Å². The topological polar surface area (TPSA) is 3.24 Å².